The number of benzene rings is 1. The molecule has 0 radical (unpaired) electrons. The van der Waals surface area contributed by atoms with E-state index in [0.717, 1.165) is 25.8 Å². The smallest absolute Gasteiger partial charge is 0.0436 e. The van der Waals surface area contributed by atoms with Gasteiger partial charge in [0.2, 0.25) is 0 Å². The lowest BCUT2D eigenvalue weighted by Gasteiger charge is -2.27. The first-order valence-electron chi connectivity index (χ1n) is 7.45. The second-order valence-electron chi connectivity index (χ2n) is 6.07. The van der Waals surface area contributed by atoms with Crippen LogP contribution in [0.15, 0.2) is 24.3 Å². The lowest BCUT2D eigenvalue weighted by Crippen LogP contribution is -2.32. The summed E-state index contributed by atoms with van der Waals surface area (Å²) in [5.74, 6) is 0. The summed E-state index contributed by atoms with van der Waals surface area (Å²) in [7, 11) is 0. The highest BCUT2D eigenvalue weighted by atomic mass is 16.3. The highest BCUT2D eigenvalue weighted by Crippen LogP contribution is 2.22. The maximum atomic E-state index is 9.07. The van der Waals surface area contributed by atoms with Crippen molar-refractivity contribution in [2.24, 2.45) is 5.41 Å². The van der Waals surface area contributed by atoms with Crippen LogP contribution in [0.1, 0.15) is 57.7 Å². The van der Waals surface area contributed by atoms with E-state index in [1.807, 2.05) is 0 Å². The SMILES string of the molecule is CCc1ccc(C(CC)NCC(C)(C)CCO)cc1. The lowest BCUT2D eigenvalue weighted by molar-refractivity contribution is 0.202. The van der Waals surface area contributed by atoms with E-state index in [9.17, 15) is 0 Å². The van der Waals surface area contributed by atoms with Crippen LogP contribution in [-0.2, 0) is 6.42 Å². The predicted octanol–water partition coefficient (Wildman–Crippen LogP) is 3.70. The molecule has 2 nitrogen and oxygen atoms in total. The second kappa shape index (κ2) is 7.66. The van der Waals surface area contributed by atoms with Crippen LogP contribution in [-0.4, -0.2) is 18.3 Å². The topological polar surface area (TPSA) is 32.3 Å². The van der Waals surface area contributed by atoms with Gasteiger partial charge in [-0.1, -0.05) is 52.0 Å². The van der Waals surface area contributed by atoms with Crippen LogP contribution in [0.5, 0.6) is 0 Å². The maximum absolute atomic E-state index is 9.07. The Balaban J connectivity index is 2.62. The van der Waals surface area contributed by atoms with Gasteiger partial charge in [0.1, 0.15) is 0 Å². The highest BCUT2D eigenvalue weighted by molar-refractivity contribution is 5.25. The Bertz CT molecular complexity index is 356. The first kappa shape index (κ1) is 16.2. The van der Waals surface area contributed by atoms with E-state index in [1.54, 1.807) is 0 Å². The zero-order chi connectivity index (χ0) is 14.3. The van der Waals surface area contributed by atoms with E-state index in [2.05, 4.69) is 57.3 Å². The lowest BCUT2D eigenvalue weighted by atomic mass is 9.89. The van der Waals surface area contributed by atoms with Gasteiger partial charge in [-0.05, 0) is 35.8 Å². The van der Waals surface area contributed by atoms with Gasteiger partial charge in [0, 0.05) is 19.2 Å². The Morgan fingerprint density at radius 1 is 1.16 bits per heavy atom. The minimum absolute atomic E-state index is 0.144. The molecule has 1 aromatic rings. The van der Waals surface area contributed by atoms with Gasteiger partial charge < -0.3 is 10.4 Å². The van der Waals surface area contributed by atoms with Crippen LogP contribution in [0, 0.1) is 5.41 Å². The maximum Gasteiger partial charge on any atom is 0.0436 e. The number of aliphatic hydroxyl groups is 1. The van der Waals surface area contributed by atoms with Crippen molar-refractivity contribution >= 4 is 0 Å². The van der Waals surface area contributed by atoms with E-state index >= 15 is 0 Å². The third-order valence-electron chi connectivity index (χ3n) is 3.81. The number of hydrogen-bond donors (Lipinski definition) is 2. The fourth-order valence-corrected chi connectivity index (χ4v) is 2.27. The summed E-state index contributed by atoms with van der Waals surface area (Å²) in [6, 6.07) is 9.32. The normalized spacial score (nSPS) is 13.5. The number of aliphatic hydroxyl groups excluding tert-OH is 1. The summed E-state index contributed by atoms with van der Waals surface area (Å²) < 4.78 is 0. The van der Waals surface area contributed by atoms with Crippen molar-refractivity contribution in [2.45, 2.75) is 53.0 Å². The molecule has 0 aliphatic carbocycles. The Kier molecular flexibility index (Phi) is 6.53. The summed E-state index contributed by atoms with van der Waals surface area (Å²) in [4.78, 5) is 0. The molecule has 0 bridgehead atoms. The molecule has 0 spiro atoms. The Morgan fingerprint density at radius 2 is 1.79 bits per heavy atom. The first-order valence-corrected chi connectivity index (χ1v) is 7.45. The molecule has 1 atom stereocenters. The molecule has 1 aromatic carbocycles. The minimum Gasteiger partial charge on any atom is -0.396 e. The zero-order valence-electron chi connectivity index (χ0n) is 12.9. The predicted molar refractivity (Wildman–Crippen MR) is 82.3 cm³/mol. The van der Waals surface area contributed by atoms with E-state index in [0.29, 0.717) is 6.04 Å². The van der Waals surface area contributed by atoms with Gasteiger partial charge in [0.15, 0.2) is 0 Å². The molecule has 108 valence electrons. The first-order chi connectivity index (χ1) is 9.02. The summed E-state index contributed by atoms with van der Waals surface area (Å²) in [5, 5.41) is 12.7. The molecule has 0 fully saturated rings. The fourth-order valence-electron chi connectivity index (χ4n) is 2.27. The summed E-state index contributed by atoms with van der Waals surface area (Å²) in [5.41, 5.74) is 2.89. The van der Waals surface area contributed by atoms with Crippen LogP contribution in [0.4, 0.5) is 0 Å². The molecule has 0 amide bonds. The van der Waals surface area contributed by atoms with Gasteiger partial charge in [-0.15, -0.1) is 0 Å². The standard InChI is InChI=1S/C17H29NO/c1-5-14-7-9-15(10-8-14)16(6-2)18-13-17(3,4)11-12-19/h7-10,16,18-19H,5-6,11-13H2,1-4H3. The molecular weight excluding hydrogens is 234 g/mol. The van der Waals surface area contributed by atoms with E-state index in [-0.39, 0.29) is 12.0 Å². The van der Waals surface area contributed by atoms with Crippen molar-refractivity contribution < 1.29 is 5.11 Å². The molecule has 0 saturated carbocycles. The molecule has 0 aromatic heterocycles. The number of hydrogen-bond acceptors (Lipinski definition) is 2. The number of nitrogens with one attached hydrogen (secondary N) is 1. The molecule has 19 heavy (non-hydrogen) atoms. The van der Waals surface area contributed by atoms with Gasteiger partial charge in [-0.3, -0.25) is 0 Å². The average molecular weight is 263 g/mol. The largest absolute Gasteiger partial charge is 0.396 e. The molecule has 2 N–H and O–H groups in total. The molecule has 1 unspecified atom stereocenters. The Hall–Kier alpha value is -0.860. The van der Waals surface area contributed by atoms with Crippen LogP contribution >= 0.6 is 0 Å². The third-order valence-corrected chi connectivity index (χ3v) is 3.81. The monoisotopic (exact) mass is 263 g/mol. The highest BCUT2D eigenvalue weighted by Gasteiger charge is 2.19. The molecule has 0 heterocycles. The van der Waals surface area contributed by atoms with Crippen molar-refractivity contribution in [3.8, 4) is 0 Å². The molecule has 2 heteroatoms. The van der Waals surface area contributed by atoms with Crippen molar-refractivity contribution in [3.05, 3.63) is 35.4 Å². The number of rotatable bonds is 8. The van der Waals surface area contributed by atoms with E-state index in [1.165, 1.54) is 11.1 Å². The number of aryl methyl sites for hydroxylation is 1. The molecule has 0 aliphatic heterocycles. The van der Waals surface area contributed by atoms with Crippen molar-refractivity contribution in [2.75, 3.05) is 13.2 Å². The van der Waals surface area contributed by atoms with Crippen LogP contribution in [0.25, 0.3) is 0 Å². The van der Waals surface area contributed by atoms with Crippen molar-refractivity contribution in [1.29, 1.82) is 0 Å². The third kappa shape index (κ3) is 5.33. The summed E-state index contributed by atoms with van der Waals surface area (Å²) in [6.07, 6.45) is 3.01. The average Bonchev–Trinajstić information content (AvgIpc) is 2.40. The summed E-state index contributed by atoms with van der Waals surface area (Å²) in [6.45, 7) is 9.98. The van der Waals surface area contributed by atoms with Gasteiger partial charge >= 0.3 is 0 Å². The van der Waals surface area contributed by atoms with E-state index < -0.39 is 0 Å². The van der Waals surface area contributed by atoms with Crippen molar-refractivity contribution in [1.82, 2.24) is 5.32 Å². The van der Waals surface area contributed by atoms with Gasteiger partial charge in [-0.25, -0.2) is 0 Å². The van der Waals surface area contributed by atoms with Gasteiger partial charge in [0.25, 0.3) is 0 Å². The molecule has 0 saturated heterocycles. The van der Waals surface area contributed by atoms with Gasteiger partial charge in [0.05, 0.1) is 0 Å². The zero-order valence-corrected chi connectivity index (χ0v) is 12.9. The quantitative estimate of drug-likeness (QED) is 0.749. The van der Waals surface area contributed by atoms with Crippen LogP contribution in [0.3, 0.4) is 0 Å². The van der Waals surface area contributed by atoms with Gasteiger partial charge in [-0.2, -0.15) is 0 Å². The Labute approximate surface area is 118 Å². The Morgan fingerprint density at radius 3 is 2.26 bits per heavy atom. The van der Waals surface area contributed by atoms with E-state index in [4.69, 9.17) is 5.11 Å². The molecule has 0 aliphatic rings. The second-order valence-corrected chi connectivity index (χ2v) is 6.07. The molecule has 1 rings (SSSR count). The van der Waals surface area contributed by atoms with Crippen molar-refractivity contribution in [3.63, 3.8) is 0 Å². The minimum atomic E-state index is 0.144. The van der Waals surface area contributed by atoms with Crippen LogP contribution < -0.4 is 5.32 Å². The molecular formula is C17H29NO. The van der Waals surface area contributed by atoms with Crippen LogP contribution in [0.2, 0.25) is 0 Å². The fraction of sp³-hybridized carbons (Fsp3) is 0.647. The summed E-state index contributed by atoms with van der Waals surface area (Å²) >= 11 is 0.